The van der Waals surface area contributed by atoms with Crippen molar-refractivity contribution in [2.24, 2.45) is 0 Å². The van der Waals surface area contributed by atoms with E-state index in [-0.39, 0.29) is 18.4 Å². The van der Waals surface area contributed by atoms with Crippen LogP contribution in [0.25, 0.3) is 0 Å². The standard InChI is InChI=1S/C25H26N2O2/c1-19-14-15-24(20(2)16-19)26(21(3)28)18-25(29)27(23-12-8-5-9-13-23)17-22-10-6-4-7-11-22/h4-16H,17-18H2,1-3H3. The van der Waals surface area contributed by atoms with Gasteiger partial charge in [0.1, 0.15) is 6.54 Å². The Morgan fingerprint density at radius 2 is 1.41 bits per heavy atom. The first-order chi connectivity index (χ1) is 14.0. The molecule has 0 aliphatic heterocycles. The van der Waals surface area contributed by atoms with Gasteiger partial charge in [-0.2, -0.15) is 0 Å². The van der Waals surface area contributed by atoms with Gasteiger partial charge in [0.15, 0.2) is 0 Å². The lowest BCUT2D eigenvalue weighted by atomic mass is 10.1. The van der Waals surface area contributed by atoms with E-state index in [9.17, 15) is 9.59 Å². The number of benzene rings is 3. The zero-order chi connectivity index (χ0) is 20.8. The average molecular weight is 386 g/mol. The number of rotatable bonds is 6. The van der Waals surface area contributed by atoms with E-state index in [2.05, 4.69) is 0 Å². The Morgan fingerprint density at radius 3 is 2.00 bits per heavy atom. The molecular weight excluding hydrogens is 360 g/mol. The quantitative estimate of drug-likeness (QED) is 0.605. The van der Waals surface area contributed by atoms with Crippen molar-refractivity contribution in [2.75, 3.05) is 16.3 Å². The molecule has 4 nitrogen and oxygen atoms in total. The molecule has 0 aliphatic rings. The monoisotopic (exact) mass is 386 g/mol. The second kappa shape index (κ2) is 9.20. The fourth-order valence-corrected chi connectivity index (χ4v) is 3.39. The fourth-order valence-electron chi connectivity index (χ4n) is 3.39. The number of carbonyl (C=O) groups excluding carboxylic acids is 2. The van der Waals surface area contributed by atoms with Crippen molar-refractivity contribution in [3.63, 3.8) is 0 Å². The Balaban J connectivity index is 1.90. The summed E-state index contributed by atoms with van der Waals surface area (Å²) < 4.78 is 0. The molecule has 0 radical (unpaired) electrons. The molecule has 29 heavy (non-hydrogen) atoms. The highest BCUT2D eigenvalue weighted by Gasteiger charge is 2.23. The van der Waals surface area contributed by atoms with Gasteiger partial charge in [0.25, 0.3) is 0 Å². The first kappa shape index (κ1) is 20.3. The number of hydrogen-bond donors (Lipinski definition) is 0. The summed E-state index contributed by atoms with van der Waals surface area (Å²) in [6.45, 7) is 5.90. The molecule has 3 rings (SSSR count). The van der Waals surface area contributed by atoms with Crippen LogP contribution in [0.3, 0.4) is 0 Å². The van der Waals surface area contributed by atoms with E-state index in [4.69, 9.17) is 0 Å². The molecule has 0 atom stereocenters. The average Bonchev–Trinajstić information content (AvgIpc) is 2.72. The van der Waals surface area contributed by atoms with Gasteiger partial charge < -0.3 is 9.80 Å². The summed E-state index contributed by atoms with van der Waals surface area (Å²) in [5.74, 6) is -0.284. The Bertz CT molecular complexity index is 984. The zero-order valence-corrected chi connectivity index (χ0v) is 17.1. The number of carbonyl (C=O) groups is 2. The summed E-state index contributed by atoms with van der Waals surface area (Å²) in [5, 5.41) is 0. The van der Waals surface area contributed by atoms with E-state index in [1.165, 1.54) is 6.92 Å². The summed E-state index contributed by atoms with van der Waals surface area (Å²) >= 11 is 0. The van der Waals surface area contributed by atoms with Gasteiger partial charge in [0, 0.05) is 18.3 Å². The lowest BCUT2D eigenvalue weighted by Crippen LogP contribution is -2.42. The maximum absolute atomic E-state index is 13.3. The fraction of sp³-hybridized carbons (Fsp3) is 0.200. The number of amides is 2. The van der Waals surface area contributed by atoms with Crippen LogP contribution in [0.1, 0.15) is 23.6 Å². The molecule has 148 valence electrons. The maximum Gasteiger partial charge on any atom is 0.247 e. The van der Waals surface area contributed by atoms with Gasteiger partial charge >= 0.3 is 0 Å². The summed E-state index contributed by atoms with van der Waals surface area (Å²) in [4.78, 5) is 29.0. The van der Waals surface area contributed by atoms with Crippen molar-refractivity contribution in [3.8, 4) is 0 Å². The maximum atomic E-state index is 13.3. The van der Waals surface area contributed by atoms with Crippen LogP contribution in [0.2, 0.25) is 0 Å². The highest BCUT2D eigenvalue weighted by Crippen LogP contribution is 2.23. The van der Waals surface area contributed by atoms with Gasteiger partial charge in [-0.25, -0.2) is 0 Å². The second-order valence-electron chi connectivity index (χ2n) is 7.20. The number of aryl methyl sites for hydroxylation is 2. The number of hydrogen-bond acceptors (Lipinski definition) is 2. The van der Waals surface area contributed by atoms with Crippen molar-refractivity contribution < 1.29 is 9.59 Å². The Kier molecular flexibility index (Phi) is 6.45. The molecule has 0 spiro atoms. The summed E-state index contributed by atoms with van der Waals surface area (Å²) in [7, 11) is 0. The predicted octanol–water partition coefficient (Wildman–Crippen LogP) is 4.89. The third-order valence-electron chi connectivity index (χ3n) is 4.87. The molecule has 0 bridgehead atoms. The van der Waals surface area contributed by atoms with E-state index < -0.39 is 0 Å². The Labute approximate surface area is 172 Å². The minimum atomic E-state index is -0.155. The number of para-hydroxylation sites is 1. The third kappa shape index (κ3) is 5.11. The SMILES string of the molecule is CC(=O)N(CC(=O)N(Cc1ccccc1)c1ccccc1)c1ccc(C)cc1C. The van der Waals surface area contributed by atoms with Gasteiger partial charge in [0.2, 0.25) is 11.8 Å². The van der Waals surface area contributed by atoms with E-state index in [0.717, 1.165) is 28.1 Å². The number of nitrogens with zero attached hydrogens (tertiary/aromatic N) is 2. The van der Waals surface area contributed by atoms with Gasteiger partial charge in [-0.15, -0.1) is 0 Å². The van der Waals surface area contributed by atoms with Crippen molar-refractivity contribution in [1.29, 1.82) is 0 Å². The number of anilines is 2. The molecule has 0 saturated heterocycles. The molecule has 4 heteroatoms. The smallest absolute Gasteiger partial charge is 0.247 e. The highest BCUT2D eigenvalue weighted by molar-refractivity contribution is 6.03. The Hall–Kier alpha value is -3.40. The van der Waals surface area contributed by atoms with Gasteiger partial charge in [-0.1, -0.05) is 66.2 Å². The van der Waals surface area contributed by atoms with Crippen LogP contribution < -0.4 is 9.80 Å². The molecule has 0 fully saturated rings. The van der Waals surface area contributed by atoms with Crippen molar-refractivity contribution in [3.05, 3.63) is 95.6 Å². The van der Waals surface area contributed by atoms with E-state index in [1.807, 2.05) is 92.7 Å². The van der Waals surface area contributed by atoms with Gasteiger partial charge in [-0.05, 0) is 43.2 Å². The van der Waals surface area contributed by atoms with Gasteiger partial charge in [-0.3, -0.25) is 9.59 Å². The first-order valence-electron chi connectivity index (χ1n) is 9.70. The Morgan fingerprint density at radius 1 is 0.793 bits per heavy atom. The lowest BCUT2D eigenvalue weighted by molar-refractivity contribution is -0.121. The molecule has 0 heterocycles. The lowest BCUT2D eigenvalue weighted by Gasteiger charge is -2.28. The second-order valence-corrected chi connectivity index (χ2v) is 7.20. The molecular formula is C25H26N2O2. The van der Waals surface area contributed by atoms with Crippen LogP contribution in [-0.2, 0) is 16.1 Å². The van der Waals surface area contributed by atoms with E-state index >= 15 is 0 Å². The van der Waals surface area contributed by atoms with Crippen LogP contribution in [0.4, 0.5) is 11.4 Å². The van der Waals surface area contributed by atoms with Crippen LogP contribution in [0.5, 0.6) is 0 Å². The summed E-state index contributed by atoms with van der Waals surface area (Å²) in [6.07, 6.45) is 0. The van der Waals surface area contributed by atoms with Gasteiger partial charge in [0.05, 0.1) is 6.54 Å². The first-order valence-corrected chi connectivity index (χ1v) is 9.70. The van der Waals surface area contributed by atoms with E-state index in [1.54, 1.807) is 9.80 Å². The highest BCUT2D eigenvalue weighted by atomic mass is 16.2. The predicted molar refractivity (Wildman–Crippen MR) is 118 cm³/mol. The normalized spacial score (nSPS) is 10.4. The molecule has 3 aromatic rings. The van der Waals surface area contributed by atoms with Crippen molar-refractivity contribution in [1.82, 2.24) is 0 Å². The largest absolute Gasteiger partial charge is 0.306 e. The molecule has 0 aromatic heterocycles. The van der Waals surface area contributed by atoms with Crippen molar-refractivity contribution in [2.45, 2.75) is 27.3 Å². The van der Waals surface area contributed by atoms with Crippen LogP contribution in [-0.4, -0.2) is 18.4 Å². The topological polar surface area (TPSA) is 40.6 Å². The molecule has 3 aromatic carbocycles. The summed E-state index contributed by atoms with van der Waals surface area (Å²) in [6, 6.07) is 25.3. The van der Waals surface area contributed by atoms with Crippen LogP contribution >= 0.6 is 0 Å². The minimum Gasteiger partial charge on any atom is -0.306 e. The molecule has 0 aliphatic carbocycles. The van der Waals surface area contributed by atoms with E-state index in [0.29, 0.717) is 6.54 Å². The summed E-state index contributed by atoms with van der Waals surface area (Å²) in [5.41, 5.74) is 4.71. The zero-order valence-electron chi connectivity index (χ0n) is 17.1. The molecule has 0 unspecified atom stereocenters. The molecule has 0 N–H and O–H groups in total. The molecule has 2 amide bonds. The minimum absolute atomic E-state index is 0.0129. The van der Waals surface area contributed by atoms with Crippen LogP contribution in [0.15, 0.2) is 78.9 Å². The molecule has 0 saturated carbocycles. The third-order valence-corrected chi connectivity index (χ3v) is 4.87. The van der Waals surface area contributed by atoms with Crippen molar-refractivity contribution >= 4 is 23.2 Å². The van der Waals surface area contributed by atoms with Crippen LogP contribution in [0, 0.1) is 13.8 Å².